The van der Waals surface area contributed by atoms with Gasteiger partial charge in [0.05, 0.1) is 32.3 Å². The minimum Gasteiger partial charge on any atom is -0.480 e. The second kappa shape index (κ2) is 12.8. The summed E-state index contributed by atoms with van der Waals surface area (Å²) in [7, 11) is 0. The molecule has 6 amide bonds. The third-order valence-electron chi connectivity index (χ3n) is 8.10. The van der Waals surface area contributed by atoms with Crippen LogP contribution in [0.15, 0.2) is 58.3 Å². The Morgan fingerprint density at radius 3 is 1.69 bits per heavy atom. The maximum Gasteiger partial charge on any atom is 0.326 e. The van der Waals surface area contributed by atoms with E-state index in [0.29, 0.717) is 28.9 Å². The third-order valence-corrected chi connectivity index (χ3v) is 10.9. The van der Waals surface area contributed by atoms with Crippen LogP contribution < -0.4 is 9.80 Å². The molecule has 2 aromatic carbocycles. The largest absolute Gasteiger partial charge is 0.480 e. The molecule has 4 aliphatic rings. The highest BCUT2D eigenvalue weighted by Gasteiger charge is 2.47. The van der Waals surface area contributed by atoms with E-state index in [1.807, 2.05) is 0 Å². The number of anilines is 2. The summed E-state index contributed by atoms with van der Waals surface area (Å²) < 4.78 is 0.180. The first kappa shape index (κ1) is 33.4. The van der Waals surface area contributed by atoms with Gasteiger partial charge in [0, 0.05) is 31.5 Å². The number of thioether (sulfide) groups is 2. The number of carboxylic acids is 1. The van der Waals surface area contributed by atoms with Gasteiger partial charge in [-0.2, -0.15) is 0 Å². The number of carboxylic acid groups (broad SMARTS) is 1. The van der Waals surface area contributed by atoms with Crippen LogP contribution in [0.25, 0.3) is 11.1 Å². The Balaban J connectivity index is 1.17. The number of thiocarbonyl (C=S) groups is 2. The Morgan fingerprint density at radius 1 is 0.708 bits per heavy atom. The van der Waals surface area contributed by atoms with Crippen LogP contribution in [0.2, 0.25) is 0 Å². The molecule has 16 heteroatoms. The topological polar surface area (TPSA) is 153 Å². The molecular formula is C32H24N4O8S4. The Hall–Kier alpha value is -4.51. The molecule has 0 unspecified atom stereocenters. The maximum atomic E-state index is 13.7. The first-order chi connectivity index (χ1) is 22.8. The standard InChI is InChI=1S/C32H24N4O8S4/c1-15(37)34-19-11-5-3-9-17(19)22(26(34)39)24-28(41)33(31(45)47-24)14-8-7-13-21(30(43)44)36-29(42)25(48-32(36)46)23-18-10-4-6-12-20(18)35(16(2)38)27(23)40/h3-6,9-12,21H,7-8,13-14H2,1-2H3,(H,43,44)/b24-22-,25-23-/t21-/m0/s1. The molecule has 2 aromatic rings. The highest BCUT2D eigenvalue weighted by Crippen LogP contribution is 2.46. The van der Waals surface area contributed by atoms with Crippen molar-refractivity contribution in [3.63, 3.8) is 0 Å². The SMILES string of the molecule is CC(=O)N1C(=O)/C(=C2\SC(=S)N(CCCC[C@@H](C(=O)O)N3C(=O)/C(=C4/C(=O)N(C(C)=O)c5ccccc54)SC3=S)C2=O)c2ccccc21. The van der Waals surface area contributed by atoms with Gasteiger partial charge in [-0.25, -0.2) is 14.6 Å². The van der Waals surface area contributed by atoms with Crippen molar-refractivity contribution in [1.29, 1.82) is 0 Å². The maximum absolute atomic E-state index is 13.7. The fraction of sp³-hybridized carbons (Fsp3) is 0.219. The zero-order chi connectivity index (χ0) is 34.6. The molecule has 0 bridgehead atoms. The first-order valence-electron chi connectivity index (χ1n) is 14.5. The summed E-state index contributed by atoms with van der Waals surface area (Å²) in [5.74, 6) is -4.85. The van der Waals surface area contributed by atoms with Crippen molar-refractivity contribution in [2.75, 3.05) is 16.3 Å². The minimum atomic E-state index is -1.36. The van der Waals surface area contributed by atoms with Crippen molar-refractivity contribution < 1.29 is 38.7 Å². The van der Waals surface area contributed by atoms with Gasteiger partial charge in [0.25, 0.3) is 23.6 Å². The van der Waals surface area contributed by atoms with Crippen molar-refractivity contribution in [1.82, 2.24) is 9.80 Å². The second-order valence-corrected chi connectivity index (χ2v) is 14.3. The molecule has 0 aromatic heterocycles. The van der Waals surface area contributed by atoms with E-state index < -0.39 is 47.5 Å². The number of hydrogen-bond acceptors (Lipinski definition) is 11. The summed E-state index contributed by atoms with van der Waals surface area (Å²) >= 11 is 12.6. The highest BCUT2D eigenvalue weighted by molar-refractivity contribution is 8.27. The number of unbranched alkanes of at least 4 members (excludes halogenated alkanes) is 1. The van der Waals surface area contributed by atoms with E-state index in [-0.39, 0.29) is 49.0 Å². The number of carbonyl (C=O) groups excluding carboxylic acids is 6. The van der Waals surface area contributed by atoms with Gasteiger partial charge in [-0.15, -0.1) is 0 Å². The lowest BCUT2D eigenvalue weighted by Crippen LogP contribution is -2.44. The zero-order valence-corrected chi connectivity index (χ0v) is 28.5. The predicted octanol–water partition coefficient (Wildman–Crippen LogP) is 3.94. The van der Waals surface area contributed by atoms with E-state index >= 15 is 0 Å². The summed E-state index contributed by atoms with van der Waals surface area (Å²) in [6.07, 6.45) is 0.532. The van der Waals surface area contributed by atoms with Crippen molar-refractivity contribution in [3.8, 4) is 0 Å². The Bertz CT molecular complexity index is 1990. The molecule has 1 atom stereocenters. The number of aliphatic carboxylic acids is 1. The van der Waals surface area contributed by atoms with Gasteiger partial charge < -0.3 is 5.11 Å². The van der Waals surface area contributed by atoms with E-state index in [1.165, 1.54) is 18.7 Å². The van der Waals surface area contributed by atoms with E-state index in [0.717, 1.165) is 38.2 Å². The lowest BCUT2D eigenvalue weighted by Gasteiger charge is -2.23. The number of nitrogens with zero attached hydrogens (tertiary/aromatic N) is 4. The molecule has 6 rings (SSSR count). The lowest BCUT2D eigenvalue weighted by atomic mass is 10.0. The van der Waals surface area contributed by atoms with Crippen LogP contribution in [0, 0.1) is 0 Å². The van der Waals surface area contributed by atoms with Crippen LogP contribution in [-0.4, -0.2) is 77.5 Å². The van der Waals surface area contributed by atoms with Gasteiger partial charge in [0.2, 0.25) is 11.8 Å². The van der Waals surface area contributed by atoms with Crippen molar-refractivity contribution in [2.45, 2.75) is 39.2 Å². The number of fused-ring (bicyclic) bond motifs is 2. The summed E-state index contributed by atoms with van der Waals surface area (Å²) in [6.45, 7) is 2.62. The first-order valence-corrected chi connectivity index (χ1v) is 17.0. The van der Waals surface area contributed by atoms with Crippen LogP contribution in [0.1, 0.15) is 44.2 Å². The van der Waals surface area contributed by atoms with Gasteiger partial charge >= 0.3 is 5.97 Å². The molecule has 4 aliphatic heterocycles. The van der Waals surface area contributed by atoms with Crippen molar-refractivity contribution >= 4 is 121 Å². The average Bonchev–Trinajstić information content (AvgIpc) is 3.69. The molecule has 0 saturated carbocycles. The monoisotopic (exact) mass is 720 g/mol. The van der Waals surface area contributed by atoms with Crippen LogP contribution in [-0.2, 0) is 33.6 Å². The normalized spacial score (nSPS) is 21.1. The summed E-state index contributed by atoms with van der Waals surface area (Å²) in [5.41, 5.74) is 1.64. The van der Waals surface area contributed by atoms with Gasteiger partial charge in [0.1, 0.15) is 14.7 Å². The molecule has 0 spiro atoms. The summed E-state index contributed by atoms with van der Waals surface area (Å²) in [4.78, 5) is 95.0. The molecule has 48 heavy (non-hydrogen) atoms. The van der Waals surface area contributed by atoms with Crippen LogP contribution in [0.5, 0.6) is 0 Å². The van der Waals surface area contributed by atoms with Gasteiger partial charge in [0.15, 0.2) is 0 Å². The third kappa shape index (κ3) is 5.38. The van der Waals surface area contributed by atoms with Gasteiger partial charge in [-0.3, -0.25) is 38.6 Å². The molecule has 244 valence electrons. The fourth-order valence-electron chi connectivity index (χ4n) is 6.01. The molecule has 4 heterocycles. The molecular weight excluding hydrogens is 697 g/mol. The highest BCUT2D eigenvalue weighted by atomic mass is 32.2. The Morgan fingerprint density at radius 2 is 1.19 bits per heavy atom. The fourth-order valence-corrected chi connectivity index (χ4v) is 8.82. The molecule has 2 saturated heterocycles. The quantitative estimate of drug-likeness (QED) is 0.251. The van der Waals surface area contributed by atoms with Crippen LogP contribution >= 0.6 is 48.0 Å². The molecule has 1 N–H and O–H groups in total. The van der Waals surface area contributed by atoms with Crippen LogP contribution in [0.4, 0.5) is 11.4 Å². The number of hydrogen-bond donors (Lipinski definition) is 1. The number of carbonyl (C=O) groups is 7. The smallest absolute Gasteiger partial charge is 0.326 e. The number of imide groups is 2. The van der Waals surface area contributed by atoms with Gasteiger partial charge in [-0.05, 0) is 31.4 Å². The van der Waals surface area contributed by atoms with E-state index in [9.17, 15) is 38.7 Å². The number of amides is 6. The number of benzene rings is 2. The van der Waals surface area contributed by atoms with E-state index in [4.69, 9.17) is 24.4 Å². The second-order valence-electron chi connectivity index (χ2n) is 11.0. The summed E-state index contributed by atoms with van der Waals surface area (Å²) in [6, 6.07) is 11.8. The molecule has 0 radical (unpaired) electrons. The molecule has 12 nitrogen and oxygen atoms in total. The Labute approximate surface area is 292 Å². The Kier molecular flexibility index (Phi) is 8.93. The average molecular weight is 721 g/mol. The van der Waals surface area contributed by atoms with Crippen LogP contribution in [0.3, 0.4) is 0 Å². The van der Waals surface area contributed by atoms with E-state index in [1.54, 1.807) is 48.5 Å². The van der Waals surface area contributed by atoms with Gasteiger partial charge in [-0.1, -0.05) is 84.4 Å². The predicted molar refractivity (Wildman–Crippen MR) is 187 cm³/mol. The zero-order valence-electron chi connectivity index (χ0n) is 25.3. The van der Waals surface area contributed by atoms with Crippen molar-refractivity contribution in [3.05, 3.63) is 69.5 Å². The lowest BCUT2D eigenvalue weighted by molar-refractivity contribution is -0.145. The molecule has 0 aliphatic carbocycles. The summed E-state index contributed by atoms with van der Waals surface area (Å²) in [5, 5.41) is 10.1. The molecule has 2 fully saturated rings. The van der Waals surface area contributed by atoms with E-state index in [2.05, 4.69) is 0 Å². The number of rotatable bonds is 7. The van der Waals surface area contributed by atoms with Crippen molar-refractivity contribution in [2.24, 2.45) is 0 Å². The number of para-hydroxylation sites is 2. The minimum absolute atomic E-state index is 0.0111.